The van der Waals surface area contributed by atoms with Crippen LogP contribution < -0.4 is 4.72 Å². The average Bonchev–Trinajstić information content (AvgIpc) is 2.37. The van der Waals surface area contributed by atoms with Gasteiger partial charge in [-0.05, 0) is 31.2 Å². The van der Waals surface area contributed by atoms with Crippen LogP contribution in [0, 0.1) is 6.92 Å². The van der Waals surface area contributed by atoms with E-state index in [1.807, 2.05) is 6.92 Å². The molecule has 0 aliphatic carbocycles. The first-order valence-electron chi connectivity index (χ1n) is 5.78. The number of carboxylic acid groups (broad SMARTS) is 1. The number of sulfonamides is 1. The maximum absolute atomic E-state index is 12.2. The van der Waals surface area contributed by atoms with Crippen LogP contribution in [0.3, 0.4) is 0 Å². The normalized spacial score (nSPS) is 11.1. The molecular weight excluding hydrogens is 360 g/mol. The SMILES string of the molecule is Cc1ccc(S(=O)(=O)Nc2cc(Br)cc(C(=O)O)n2)cc1. The topological polar surface area (TPSA) is 96.4 Å². The summed E-state index contributed by atoms with van der Waals surface area (Å²) in [6, 6.07) is 8.95. The van der Waals surface area contributed by atoms with Crippen LogP contribution in [-0.2, 0) is 10.0 Å². The van der Waals surface area contributed by atoms with E-state index >= 15 is 0 Å². The first kappa shape index (κ1) is 15.5. The number of nitrogens with zero attached hydrogens (tertiary/aromatic N) is 1. The summed E-state index contributed by atoms with van der Waals surface area (Å²) in [5.74, 6) is -1.31. The average molecular weight is 371 g/mol. The molecule has 0 unspecified atom stereocenters. The van der Waals surface area contributed by atoms with Gasteiger partial charge in [0.15, 0.2) is 5.69 Å². The number of carbonyl (C=O) groups is 1. The Morgan fingerprint density at radius 1 is 1.24 bits per heavy atom. The number of hydrogen-bond donors (Lipinski definition) is 2. The molecular formula is C13H11BrN2O4S. The van der Waals surface area contributed by atoms with E-state index in [0.29, 0.717) is 4.47 Å². The summed E-state index contributed by atoms with van der Waals surface area (Å²) in [7, 11) is -3.82. The molecule has 0 aliphatic heterocycles. The minimum absolute atomic E-state index is 0.0673. The third-order valence-corrected chi connectivity index (χ3v) is 4.41. The number of anilines is 1. The van der Waals surface area contributed by atoms with Crippen molar-refractivity contribution in [2.45, 2.75) is 11.8 Å². The molecule has 1 aromatic carbocycles. The number of pyridine rings is 1. The number of aryl methyl sites for hydroxylation is 1. The molecule has 0 atom stereocenters. The van der Waals surface area contributed by atoms with E-state index in [2.05, 4.69) is 25.6 Å². The van der Waals surface area contributed by atoms with E-state index < -0.39 is 16.0 Å². The van der Waals surface area contributed by atoms with Crippen molar-refractivity contribution in [3.05, 3.63) is 52.1 Å². The van der Waals surface area contributed by atoms with Crippen molar-refractivity contribution in [1.29, 1.82) is 0 Å². The van der Waals surface area contributed by atoms with E-state index in [0.717, 1.165) is 5.56 Å². The highest BCUT2D eigenvalue weighted by Crippen LogP contribution is 2.20. The highest BCUT2D eigenvalue weighted by atomic mass is 79.9. The predicted octanol–water partition coefficient (Wildman–Crippen LogP) is 2.65. The van der Waals surface area contributed by atoms with E-state index in [1.165, 1.54) is 24.3 Å². The molecule has 110 valence electrons. The van der Waals surface area contributed by atoms with Gasteiger partial charge in [-0.1, -0.05) is 33.6 Å². The Hall–Kier alpha value is -1.93. The lowest BCUT2D eigenvalue weighted by atomic mass is 10.2. The summed E-state index contributed by atoms with van der Waals surface area (Å²) in [5, 5.41) is 8.92. The molecule has 0 bridgehead atoms. The van der Waals surface area contributed by atoms with Gasteiger partial charge in [0.2, 0.25) is 0 Å². The summed E-state index contributed by atoms with van der Waals surface area (Å²) in [4.78, 5) is 14.7. The molecule has 2 aromatic rings. The molecule has 1 aromatic heterocycles. The van der Waals surface area contributed by atoms with E-state index in [1.54, 1.807) is 12.1 Å². The molecule has 1 heterocycles. The Morgan fingerprint density at radius 2 is 1.86 bits per heavy atom. The van der Waals surface area contributed by atoms with E-state index in [-0.39, 0.29) is 16.4 Å². The van der Waals surface area contributed by atoms with Crippen molar-refractivity contribution in [2.24, 2.45) is 0 Å². The fourth-order valence-electron chi connectivity index (χ4n) is 1.57. The standard InChI is InChI=1S/C13H11BrN2O4S/c1-8-2-4-10(5-3-8)21(19,20)16-12-7-9(14)6-11(15-12)13(17)18/h2-7H,1H3,(H,15,16)(H,17,18). The number of halogens is 1. The number of aromatic nitrogens is 1. The number of carboxylic acids is 1. The van der Waals surface area contributed by atoms with Gasteiger partial charge < -0.3 is 5.11 Å². The Balaban J connectivity index is 2.36. The van der Waals surface area contributed by atoms with Gasteiger partial charge in [-0.3, -0.25) is 4.72 Å². The number of aromatic carboxylic acids is 1. The maximum Gasteiger partial charge on any atom is 0.354 e. The highest BCUT2D eigenvalue weighted by Gasteiger charge is 2.16. The number of benzene rings is 1. The third kappa shape index (κ3) is 3.79. The molecule has 0 saturated heterocycles. The maximum atomic E-state index is 12.2. The van der Waals surface area contributed by atoms with Crippen molar-refractivity contribution in [2.75, 3.05) is 4.72 Å². The second-order valence-corrected chi connectivity index (χ2v) is 6.88. The molecule has 2 rings (SSSR count). The summed E-state index contributed by atoms with van der Waals surface area (Å²) in [6.07, 6.45) is 0. The van der Waals surface area contributed by atoms with Crippen LogP contribution in [0.25, 0.3) is 0 Å². The third-order valence-electron chi connectivity index (χ3n) is 2.58. The van der Waals surface area contributed by atoms with Gasteiger partial charge in [-0.25, -0.2) is 18.2 Å². The Morgan fingerprint density at radius 3 is 2.43 bits per heavy atom. The van der Waals surface area contributed by atoms with Gasteiger partial charge in [-0.15, -0.1) is 0 Å². The van der Waals surface area contributed by atoms with Gasteiger partial charge >= 0.3 is 5.97 Å². The summed E-state index contributed by atoms with van der Waals surface area (Å²) < 4.78 is 27.1. The number of nitrogens with one attached hydrogen (secondary N) is 1. The van der Waals surface area contributed by atoms with Crippen LogP contribution >= 0.6 is 15.9 Å². The van der Waals surface area contributed by atoms with E-state index in [4.69, 9.17) is 5.11 Å². The first-order chi connectivity index (χ1) is 9.78. The molecule has 0 spiro atoms. The minimum Gasteiger partial charge on any atom is -0.477 e. The molecule has 0 radical (unpaired) electrons. The first-order valence-corrected chi connectivity index (χ1v) is 8.06. The van der Waals surface area contributed by atoms with Gasteiger partial charge in [0.1, 0.15) is 5.82 Å². The van der Waals surface area contributed by atoms with Gasteiger partial charge in [-0.2, -0.15) is 0 Å². The van der Waals surface area contributed by atoms with Crippen LogP contribution in [0.4, 0.5) is 5.82 Å². The van der Waals surface area contributed by atoms with Gasteiger partial charge in [0, 0.05) is 4.47 Å². The zero-order chi connectivity index (χ0) is 15.6. The molecule has 0 fully saturated rings. The van der Waals surface area contributed by atoms with Gasteiger partial charge in [0.25, 0.3) is 10.0 Å². The smallest absolute Gasteiger partial charge is 0.354 e. The molecule has 6 nitrogen and oxygen atoms in total. The Labute approximate surface area is 130 Å². The van der Waals surface area contributed by atoms with Crippen LogP contribution in [-0.4, -0.2) is 24.5 Å². The lowest BCUT2D eigenvalue weighted by Crippen LogP contribution is -2.15. The van der Waals surface area contributed by atoms with Crippen LogP contribution in [0.5, 0.6) is 0 Å². The Kier molecular flexibility index (Phi) is 4.29. The minimum atomic E-state index is -3.82. The number of hydrogen-bond acceptors (Lipinski definition) is 4. The summed E-state index contributed by atoms with van der Waals surface area (Å²) >= 11 is 3.12. The highest BCUT2D eigenvalue weighted by molar-refractivity contribution is 9.10. The zero-order valence-electron chi connectivity index (χ0n) is 10.9. The second kappa shape index (κ2) is 5.82. The summed E-state index contributed by atoms with van der Waals surface area (Å²) in [6.45, 7) is 1.85. The quantitative estimate of drug-likeness (QED) is 0.862. The largest absolute Gasteiger partial charge is 0.477 e. The predicted molar refractivity (Wildman–Crippen MR) is 80.9 cm³/mol. The van der Waals surface area contributed by atoms with Crippen LogP contribution in [0.1, 0.15) is 16.1 Å². The van der Waals surface area contributed by atoms with E-state index in [9.17, 15) is 13.2 Å². The molecule has 21 heavy (non-hydrogen) atoms. The molecule has 8 heteroatoms. The fraction of sp³-hybridized carbons (Fsp3) is 0.0769. The second-order valence-electron chi connectivity index (χ2n) is 4.28. The number of rotatable bonds is 4. The van der Waals surface area contributed by atoms with Gasteiger partial charge in [0.05, 0.1) is 4.90 Å². The fourth-order valence-corrected chi connectivity index (χ4v) is 3.00. The van der Waals surface area contributed by atoms with Crippen molar-refractivity contribution >= 4 is 37.7 Å². The summed E-state index contributed by atoms with van der Waals surface area (Å²) in [5.41, 5.74) is 0.675. The van der Waals surface area contributed by atoms with Crippen molar-refractivity contribution in [3.8, 4) is 0 Å². The van der Waals surface area contributed by atoms with Crippen molar-refractivity contribution in [1.82, 2.24) is 4.98 Å². The Bertz CT molecular complexity index is 788. The molecule has 0 aliphatic rings. The molecule has 2 N–H and O–H groups in total. The van der Waals surface area contributed by atoms with Crippen LogP contribution in [0.2, 0.25) is 0 Å². The lowest BCUT2D eigenvalue weighted by molar-refractivity contribution is 0.0690. The zero-order valence-corrected chi connectivity index (χ0v) is 13.3. The molecule has 0 saturated carbocycles. The lowest BCUT2D eigenvalue weighted by Gasteiger charge is -2.08. The van der Waals surface area contributed by atoms with Crippen molar-refractivity contribution in [3.63, 3.8) is 0 Å². The monoisotopic (exact) mass is 370 g/mol. The van der Waals surface area contributed by atoms with Crippen molar-refractivity contribution < 1.29 is 18.3 Å². The van der Waals surface area contributed by atoms with Crippen LogP contribution in [0.15, 0.2) is 45.8 Å². The molecule has 0 amide bonds.